The average molecular weight is 1540 g/mol. The number of aliphatic hydroxyl groups is 1. The van der Waals surface area contributed by atoms with Gasteiger partial charge in [0, 0.05) is 25.7 Å². The third-order valence-corrected chi connectivity index (χ3v) is 22.0. The first-order valence-corrected chi connectivity index (χ1v) is 47.3. The first-order chi connectivity index (χ1) is 50.7. The Balaban J connectivity index is 5.25. The Morgan fingerprint density at radius 2 is 0.438 bits per heavy atom. The summed E-state index contributed by atoms with van der Waals surface area (Å²) in [5, 5.41) is 10.7. The molecule has 17 nitrogen and oxygen atoms in total. The predicted octanol–water partition coefficient (Wildman–Crippen LogP) is 26.1. The minimum absolute atomic E-state index is 0.107. The monoisotopic (exact) mass is 1540 g/mol. The Labute approximate surface area is 645 Å². The summed E-state index contributed by atoms with van der Waals surface area (Å²) in [4.78, 5) is 73.2. The van der Waals surface area contributed by atoms with Crippen molar-refractivity contribution in [3.63, 3.8) is 0 Å². The van der Waals surface area contributed by atoms with Gasteiger partial charge in [0.15, 0.2) is 12.2 Å². The van der Waals surface area contributed by atoms with Crippen LogP contribution < -0.4 is 0 Å². The summed E-state index contributed by atoms with van der Waals surface area (Å²) >= 11 is 0. The van der Waals surface area contributed by atoms with Crippen molar-refractivity contribution in [1.82, 2.24) is 0 Å². The van der Waals surface area contributed by atoms with Crippen molar-refractivity contribution in [2.24, 2.45) is 17.8 Å². The van der Waals surface area contributed by atoms with Crippen LogP contribution in [0.2, 0.25) is 0 Å². The van der Waals surface area contributed by atoms with E-state index in [2.05, 4.69) is 48.5 Å². The molecule has 3 N–H and O–H groups in total. The normalized spacial score (nSPS) is 13.9. The van der Waals surface area contributed by atoms with Gasteiger partial charge in [-0.15, -0.1) is 0 Å². The third-order valence-electron chi connectivity index (χ3n) is 20.1. The lowest BCUT2D eigenvalue weighted by Gasteiger charge is -2.21. The molecule has 624 valence electrons. The highest BCUT2D eigenvalue weighted by Crippen LogP contribution is 2.45. The lowest BCUT2D eigenvalue weighted by molar-refractivity contribution is -0.161. The van der Waals surface area contributed by atoms with Crippen LogP contribution in [0.1, 0.15) is 453 Å². The van der Waals surface area contributed by atoms with E-state index in [0.29, 0.717) is 25.7 Å². The van der Waals surface area contributed by atoms with Crippen LogP contribution in [0.4, 0.5) is 0 Å². The number of phosphoric ester groups is 2. The molecular formula is C86H168O17P2. The van der Waals surface area contributed by atoms with E-state index < -0.39 is 97.5 Å². The minimum atomic E-state index is -4.97. The first kappa shape index (κ1) is 103. The van der Waals surface area contributed by atoms with E-state index in [4.69, 9.17) is 37.0 Å². The second-order valence-corrected chi connectivity index (χ2v) is 35.3. The molecule has 0 fully saturated rings. The average Bonchev–Trinajstić information content (AvgIpc) is 0.904. The molecular weight excluding hydrogens is 1370 g/mol. The number of hydrogen-bond acceptors (Lipinski definition) is 15. The molecule has 0 spiro atoms. The maximum Gasteiger partial charge on any atom is 0.472 e. The van der Waals surface area contributed by atoms with Gasteiger partial charge < -0.3 is 33.8 Å². The SMILES string of the molecule is CCCCCCCCCCCCCCCCCCCCC(=O)OC[C@H](COP(=O)(O)OC[C@@H](O)COP(=O)(O)OC[C@@H](COC(=O)CCCCCCCCCCC(C)C)OC(=O)CCCCCCCCCCCCCCCCC(C)C)OC(=O)CCCCCCCCCCCCCCCCCCC(C)C. The summed E-state index contributed by atoms with van der Waals surface area (Å²) in [5.41, 5.74) is 0. The first-order valence-electron chi connectivity index (χ1n) is 44.3. The van der Waals surface area contributed by atoms with Crippen LogP contribution in [0.15, 0.2) is 0 Å². The quantitative estimate of drug-likeness (QED) is 0.0222. The number of phosphoric acid groups is 2. The van der Waals surface area contributed by atoms with Gasteiger partial charge in [-0.2, -0.15) is 0 Å². The summed E-state index contributed by atoms with van der Waals surface area (Å²) in [5.74, 6) is 0.226. The molecule has 0 saturated carbocycles. The van der Waals surface area contributed by atoms with Crippen molar-refractivity contribution in [2.75, 3.05) is 39.6 Å². The van der Waals surface area contributed by atoms with Crippen LogP contribution in [0.5, 0.6) is 0 Å². The number of esters is 4. The molecule has 0 aromatic carbocycles. The van der Waals surface area contributed by atoms with E-state index in [0.717, 1.165) is 108 Å². The number of carbonyl (C=O) groups excluding carboxylic acids is 4. The molecule has 2 unspecified atom stereocenters. The maximum absolute atomic E-state index is 13.1. The molecule has 105 heavy (non-hydrogen) atoms. The van der Waals surface area contributed by atoms with Gasteiger partial charge in [-0.25, -0.2) is 9.13 Å². The van der Waals surface area contributed by atoms with Gasteiger partial charge >= 0.3 is 39.5 Å². The number of aliphatic hydroxyl groups excluding tert-OH is 1. The molecule has 5 atom stereocenters. The Bertz CT molecular complexity index is 2030. The fraction of sp³-hybridized carbons (Fsp3) is 0.953. The van der Waals surface area contributed by atoms with Crippen molar-refractivity contribution in [2.45, 2.75) is 471 Å². The zero-order valence-corrected chi connectivity index (χ0v) is 71.0. The van der Waals surface area contributed by atoms with E-state index in [1.165, 1.54) is 263 Å². The molecule has 0 aromatic rings. The van der Waals surface area contributed by atoms with Crippen molar-refractivity contribution in [1.29, 1.82) is 0 Å². The van der Waals surface area contributed by atoms with Crippen molar-refractivity contribution >= 4 is 39.5 Å². The molecule has 0 radical (unpaired) electrons. The Kier molecular flexibility index (Phi) is 74.7. The molecule has 0 aliphatic heterocycles. The molecule has 0 aliphatic rings. The van der Waals surface area contributed by atoms with E-state index in [9.17, 15) is 43.2 Å². The summed E-state index contributed by atoms with van der Waals surface area (Å²) in [7, 11) is -9.93. The minimum Gasteiger partial charge on any atom is -0.462 e. The highest BCUT2D eigenvalue weighted by Gasteiger charge is 2.30. The fourth-order valence-electron chi connectivity index (χ4n) is 13.4. The van der Waals surface area contributed by atoms with E-state index in [1.807, 2.05) is 0 Å². The van der Waals surface area contributed by atoms with E-state index in [-0.39, 0.29) is 25.7 Å². The largest absolute Gasteiger partial charge is 0.472 e. The van der Waals surface area contributed by atoms with Gasteiger partial charge in [0.25, 0.3) is 0 Å². The standard InChI is InChI=1S/C86H168O17P2/c1-8-9-10-11-12-13-14-15-16-17-18-22-28-33-38-46-53-60-67-83(88)96-73-81(102-85(90)69-62-55-48-39-34-29-23-20-19-21-26-31-36-43-50-57-64-77(2)3)75-100-104(92,93)98-71-80(87)72-99-105(94,95)101-76-82(74-97-84(89)68-61-54-47-42-41-45-52-59-66-79(6)7)103-86(91)70-63-56-49-40-35-30-25-24-27-32-37-44-51-58-65-78(4)5/h77-82,87H,8-76H2,1-7H3,(H,92,93)(H,94,95)/t80-,81-,82-/m1/s1. The summed E-state index contributed by atoms with van der Waals surface area (Å²) in [6.45, 7) is 12.0. The molecule has 19 heteroatoms. The van der Waals surface area contributed by atoms with Crippen molar-refractivity contribution in [3.8, 4) is 0 Å². The Morgan fingerprint density at radius 1 is 0.257 bits per heavy atom. The summed E-state index contributed by atoms with van der Waals surface area (Å²) in [6, 6.07) is 0. The van der Waals surface area contributed by atoms with Gasteiger partial charge in [0.2, 0.25) is 0 Å². The molecule has 0 heterocycles. The van der Waals surface area contributed by atoms with Crippen molar-refractivity contribution < 1.29 is 80.2 Å². The number of rotatable bonds is 84. The van der Waals surface area contributed by atoms with E-state index in [1.54, 1.807) is 0 Å². The number of ether oxygens (including phenoxy) is 4. The highest BCUT2D eigenvalue weighted by molar-refractivity contribution is 7.47. The van der Waals surface area contributed by atoms with Gasteiger partial charge in [-0.05, 0) is 43.4 Å². The molecule has 0 rings (SSSR count). The second-order valence-electron chi connectivity index (χ2n) is 32.4. The number of unbranched alkanes of at least 4 members (excludes halogenated alkanes) is 52. The van der Waals surface area contributed by atoms with Crippen molar-refractivity contribution in [3.05, 3.63) is 0 Å². The second kappa shape index (κ2) is 76.1. The number of carbonyl (C=O) groups is 4. The highest BCUT2D eigenvalue weighted by atomic mass is 31.2. The van der Waals surface area contributed by atoms with Crippen LogP contribution in [-0.2, 0) is 65.4 Å². The topological polar surface area (TPSA) is 237 Å². The fourth-order valence-corrected chi connectivity index (χ4v) is 14.9. The van der Waals surface area contributed by atoms with Gasteiger partial charge in [-0.1, -0.05) is 402 Å². The van der Waals surface area contributed by atoms with Crippen LogP contribution >= 0.6 is 15.6 Å². The van der Waals surface area contributed by atoms with Crippen LogP contribution in [0.25, 0.3) is 0 Å². The van der Waals surface area contributed by atoms with Crippen LogP contribution in [-0.4, -0.2) is 96.7 Å². The molecule has 0 saturated heterocycles. The molecule has 0 aliphatic carbocycles. The maximum atomic E-state index is 13.1. The Hall–Kier alpha value is -1.94. The Morgan fingerprint density at radius 3 is 0.648 bits per heavy atom. The van der Waals surface area contributed by atoms with E-state index >= 15 is 0 Å². The predicted molar refractivity (Wildman–Crippen MR) is 432 cm³/mol. The summed E-state index contributed by atoms with van der Waals surface area (Å²) < 4.78 is 68.9. The zero-order valence-electron chi connectivity index (χ0n) is 69.2. The smallest absolute Gasteiger partial charge is 0.462 e. The lowest BCUT2D eigenvalue weighted by Crippen LogP contribution is -2.30. The van der Waals surface area contributed by atoms with Gasteiger partial charge in [0.05, 0.1) is 26.4 Å². The summed E-state index contributed by atoms with van der Waals surface area (Å²) in [6.07, 6.45) is 66.7. The molecule has 0 aromatic heterocycles. The van der Waals surface area contributed by atoms with Gasteiger partial charge in [0.1, 0.15) is 19.3 Å². The third kappa shape index (κ3) is 79.9. The molecule has 0 bridgehead atoms. The van der Waals surface area contributed by atoms with Crippen LogP contribution in [0, 0.1) is 17.8 Å². The zero-order chi connectivity index (χ0) is 77.2. The number of hydrogen-bond donors (Lipinski definition) is 3. The molecule has 0 amide bonds. The lowest BCUT2D eigenvalue weighted by atomic mass is 10.0. The van der Waals surface area contributed by atoms with Crippen LogP contribution in [0.3, 0.4) is 0 Å². The van der Waals surface area contributed by atoms with Gasteiger partial charge in [-0.3, -0.25) is 37.3 Å².